The van der Waals surface area contributed by atoms with Crippen molar-refractivity contribution in [3.8, 4) is 0 Å². The maximum Gasteiger partial charge on any atom is 0.343 e. The topological polar surface area (TPSA) is 86.8 Å². The summed E-state index contributed by atoms with van der Waals surface area (Å²) in [6, 6.07) is 10.6. The molecule has 1 aliphatic rings. The molecule has 1 aliphatic heterocycles. The summed E-state index contributed by atoms with van der Waals surface area (Å²) < 4.78 is 27.4. The van der Waals surface area contributed by atoms with Crippen LogP contribution < -0.4 is 14.5 Å². The molecule has 154 valence electrons. The number of carbonyl (C=O) groups is 2. The molecule has 0 saturated heterocycles. The van der Waals surface area contributed by atoms with Crippen LogP contribution in [0.4, 0.5) is 16.2 Å². The largest absolute Gasteiger partial charge is 0.352 e. The smallest absolute Gasteiger partial charge is 0.343 e. The second-order valence-corrected chi connectivity index (χ2v) is 8.96. The lowest BCUT2D eigenvalue weighted by Crippen LogP contribution is -2.54. The molecule has 8 heteroatoms. The lowest BCUT2D eigenvalue weighted by molar-refractivity contribution is -0.120. The second-order valence-electron chi connectivity index (χ2n) is 7.20. The zero-order valence-electron chi connectivity index (χ0n) is 17.0. The molecule has 1 atom stereocenters. The number of para-hydroxylation sites is 1. The summed E-state index contributed by atoms with van der Waals surface area (Å²) in [4.78, 5) is 27.1. The Balaban J connectivity index is 2.12. The van der Waals surface area contributed by atoms with Crippen LogP contribution >= 0.6 is 0 Å². The zero-order valence-corrected chi connectivity index (χ0v) is 17.8. The molecule has 2 aromatic carbocycles. The van der Waals surface area contributed by atoms with E-state index >= 15 is 0 Å². The van der Waals surface area contributed by atoms with Crippen molar-refractivity contribution < 1.29 is 18.0 Å². The Morgan fingerprint density at radius 3 is 2.41 bits per heavy atom. The van der Waals surface area contributed by atoms with Gasteiger partial charge in [0.15, 0.2) is 0 Å². The number of aryl methyl sites for hydroxylation is 1. The fourth-order valence-electron chi connectivity index (χ4n) is 3.22. The first kappa shape index (κ1) is 20.9. The number of amides is 3. The van der Waals surface area contributed by atoms with Gasteiger partial charge in [0.1, 0.15) is 11.4 Å². The molecular formula is C21H25N3O4S. The molecule has 3 amide bonds. The van der Waals surface area contributed by atoms with Gasteiger partial charge in [0, 0.05) is 6.04 Å². The van der Waals surface area contributed by atoms with Gasteiger partial charge in [-0.3, -0.25) is 9.69 Å². The van der Waals surface area contributed by atoms with Crippen molar-refractivity contribution in [2.75, 3.05) is 15.7 Å². The summed E-state index contributed by atoms with van der Waals surface area (Å²) >= 11 is 0. The third kappa shape index (κ3) is 3.72. The van der Waals surface area contributed by atoms with Gasteiger partial charge in [0.05, 0.1) is 11.4 Å². The second kappa shape index (κ2) is 7.87. The van der Waals surface area contributed by atoms with Crippen molar-refractivity contribution in [1.29, 1.82) is 0 Å². The molecule has 0 spiro atoms. The Hall–Kier alpha value is -2.87. The molecule has 2 aromatic rings. The summed E-state index contributed by atoms with van der Waals surface area (Å²) in [5, 5.41) is 2.82. The van der Waals surface area contributed by atoms with Crippen LogP contribution in [-0.4, -0.2) is 32.9 Å². The van der Waals surface area contributed by atoms with Gasteiger partial charge in [-0.25, -0.2) is 13.2 Å². The van der Waals surface area contributed by atoms with E-state index in [1.54, 1.807) is 37.3 Å². The summed E-state index contributed by atoms with van der Waals surface area (Å²) in [5.74, 6) is -0.345. The summed E-state index contributed by atoms with van der Waals surface area (Å²) in [5.41, 5.74) is 2.05. The van der Waals surface area contributed by atoms with E-state index in [0.29, 0.717) is 5.56 Å². The summed E-state index contributed by atoms with van der Waals surface area (Å²) in [6.07, 6.45) is 0.749. The van der Waals surface area contributed by atoms with Crippen LogP contribution in [-0.2, 0) is 14.8 Å². The molecule has 1 unspecified atom stereocenters. The number of carbonyl (C=O) groups excluding carboxylic acids is 2. The predicted octanol–water partition coefficient (Wildman–Crippen LogP) is 3.35. The highest BCUT2D eigenvalue weighted by Gasteiger charge is 2.43. The fraction of sp³-hybridized carbons (Fsp3) is 0.333. The maximum absolute atomic E-state index is 13.4. The van der Waals surface area contributed by atoms with E-state index in [2.05, 4.69) is 5.32 Å². The van der Waals surface area contributed by atoms with Crippen LogP contribution in [0.1, 0.15) is 31.4 Å². The minimum Gasteiger partial charge on any atom is -0.352 e. The Kier molecular flexibility index (Phi) is 5.66. The lowest BCUT2D eigenvalue weighted by atomic mass is 10.1. The van der Waals surface area contributed by atoms with Gasteiger partial charge >= 0.3 is 6.03 Å². The molecule has 0 bridgehead atoms. The first-order valence-corrected chi connectivity index (χ1v) is 10.9. The number of anilines is 2. The Morgan fingerprint density at radius 2 is 1.72 bits per heavy atom. The molecule has 29 heavy (non-hydrogen) atoms. The summed E-state index contributed by atoms with van der Waals surface area (Å²) in [7, 11) is -4.11. The molecule has 0 fully saturated rings. The van der Waals surface area contributed by atoms with E-state index in [-0.39, 0.29) is 34.8 Å². The van der Waals surface area contributed by atoms with Gasteiger partial charge in [-0.2, -0.15) is 4.31 Å². The zero-order chi connectivity index (χ0) is 21.3. The Bertz CT molecular complexity index is 1070. The number of nitrogens with one attached hydrogen (secondary N) is 1. The minimum absolute atomic E-state index is 0.00292. The van der Waals surface area contributed by atoms with Crippen LogP contribution in [0.15, 0.2) is 47.4 Å². The molecular weight excluding hydrogens is 390 g/mol. The highest BCUT2D eigenvalue weighted by atomic mass is 32.2. The van der Waals surface area contributed by atoms with Gasteiger partial charge in [0.25, 0.3) is 10.0 Å². The van der Waals surface area contributed by atoms with E-state index in [1.807, 2.05) is 26.8 Å². The molecule has 0 radical (unpaired) electrons. The van der Waals surface area contributed by atoms with E-state index in [9.17, 15) is 18.0 Å². The average Bonchev–Trinajstić information content (AvgIpc) is 2.68. The van der Waals surface area contributed by atoms with Crippen molar-refractivity contribution in [3.63, 3.8) is 0 Å². The van der Waals surface area contributed by atoms with Gasteiger partial charge < -0.3 is 5.32 Å². The Morgan fingerprint density at radius 1 is 1.07 bits per heavy atom. The number of fused-ring (bicyclic) bond motifs is 1. The van der Waals surface area contributed by atoms with E-state index in [0.717, 1.165) is 16.3 Å². The number of hydrogen-bond donors (Lipinski definition) is 1. The van der Waals surface area contributed by atoms with Crippen LogP contribution in [0.3, 0.4) is 0 Å². The minimum atomic E-state index is -4.11. The van der Waals surface area contributed by atoms with Crippen molar-refractivity contribution in [1.82, 2.24) is 5.32 Å². The number of benzene rings is 2. The van der Waals surface area contributed by atoms with E-state index < -0.39 is 16.1 Å². The molecule has 3 rings (SSSR count). The maximum atomic E-state index is 13.4. The van der Waals surface area contributed by atoms with Crippen LogP contribution in [0.5, 0.6) is 0 Å². The van der Waals surface area contributed by atoms with Crippen molar-refractivity contribution >= 4 is 33.3 Å². The quantitative estimate of drug-likeness (QED) is 0.811. The van der Waals surface area contributed by atoms with E-state index in [4.69, 9.17) is 0 Å². The first-order chi connectivity index (χ1) is 13.7. The molecule has 0 aromatic heterocycles. The number of rotatable bonds is 5. The average molecular weight is 416 g/mol. The molecule has 1 heterocycles. The van der Waals surface area contributed by atoms with Crippen molar-refractivity contribution in [3.05, 3.63) is 53.6 Å². The molecule has 1 N–H and O–H groups in total. The van der Waals surface area contributed by atoms with Crippen LogP contribution in [0, 0.1) is 13.8 Å². The highest BCUT2D eigenvalue weighted by Crippen LogP contribution is 2.38. The van der Waals surface area contributed by atoms with Crippen LogP contribution in [0.25, 0.3) is 0 Å². The van der Waals surface area contributed by atoms with Gasteiger partial charge in [0.2, 0.25) is 5.91 Å². The third-order valence-corrected chi connectivity index (χ3v) is 6.93. The number of nitrogens with zero attached hydrogens (tertiary/aromatic N) is 2. The van der Waals surface area contributed by atoms with Crippen molar-refractivity contribution in [2.45, 2.75) is 45.1 Å². The monoisotopic (exact) mass is 415 g/mol. The Labute approximate surface area is 171 Å². The third-order valence-electron chi connectivity index (χ3n) is 5.20. The van der Waals surface area contributed by atoms with Gasteiger partial charge in [-0.1, -0.05) is 31.2 Å². The van der Waals surface area contributed by atoms with Crippen molar-refractivity contribution in [2.24, 2.45) is 0 Å². The van der Waals surface area contributed by atoms with Gasteiger partial charge in [-0.05, 0) is 56.5 Å². The SMILES string of the molecule is CCC(C)NC(=O)CN1C(=O)N(c2cccc(C)c2C)S(=O)(=O)c2ccccc21. The molecule has 0 saturated carbocycles. The molecule has 0 aliphatic carbocycles. The fourth-order valence-corrected chi connectivity index (χ4v) is 4.87. The lowest BCUT2D eigenvalue weighted by Gasteiger charge is -2.36. The van der Waals surface area contributed by atoms with Gasteiger partial charge in [-0.15, -0.1) is 0 Å². The molecule has 7 nitrogen and oxygen atoms in total. The summed E-state index contributed by atoms with van der Waals surface area (Å²) in [6.45, 7) is 7.17. The highest BCUT2D eigenvalue weighted by molar-refractivity contribution is 7.94. The normalized spacial score (nSPS) is 16.3. The first-order valence-electron chi connectivity index (χ1n) is 9.50. The van der Waals surface area contributed by atoms with E-state index in [1.165, 1.54) is 11.0 Å². The number of urea groups is 1. The standard InChI is InChI=1S/C21H25N3O4S/c1-5-15(3)22-20(25)13-23-18-10-6-7-12-19(18)29(27,28)24(21(23)26)17-11-8-9-14(2)16(17)4/h6-12,15H,5,13H2,1-4H3,(H,22,25). The van der Waals surface area contributed by atoms with Crippen LogP contribution in [0.2, 0.25) is 0 Å². The number of sulfonamides is 1. The predicted molar refractivity (Wildman–Crippen MR) is 113 cm³/mol. The number of hydrogen-bond acceptors (Lipinski definition) is 4.